The van der Waals surface area contributed by atoms with E-state index in [1.807, 2.05) is 13.8 Å². The normalized spacial score (nSPS) is 13.0. The van der Waals surface area contributed by atoms with E-state index >= 15 is 0 Å². The van der Waals surface area contributed by atoms with E-state index in [-0.39, 0.29) is 40.8 Å². The molecule has 0 aromatic heterocycles. The molecular formula is C13H21Cl2N3O4S. The van der Waals surface area contributed by atoms with E-state index in [4.69, 9.17) is 17.3 Å². The van der Waals surface area contributed by atoms with Crippen LogP contribution in [-0.4, -0.2) is 37.3 Å². The third-order valence-corrected chi connectivity index (χ3v) is 5.58. The first-order chi connectivity index (χ1) is 10.1. The average Bonchev–Trinajstić information content (AvgIpc) is 2.43. The molecule has 1 aromatic rings. The number of hydrogen-bond acceptors (Lipinski definition) is 5. The van der Waals surface area contributed by atoms with Crippen molar-refractivity contribution in [3.05, 3.63) is 33.3 Å². The van der Waals surface area contributed by atoms with Crippen molar-refractivity contribution in [1.29, 1.82) is 0 Å². The van der Waals surface area contributed by atoms with Crippen molar-refractivity contribution in [2.75, 3.05) is 13.6 Å². The van der Waals surface area contributed by atoms with Crippen LogP contribution in [0, 0.1) is 16.0 Å². The summed E-state index contributed by atoms with van der Waals surface area (Å²) in [6.45, 7) is 4.08. The molecule has 1 rings (SSSR count). The van der Waals surface area contributed by atoms with Gasteiger partial charge in [-0.3, -0.25) is 10.1 Å². The van der Waals surface area contributed by atoms with Gasteiger partial charge in [0.25, 0.3) is 5.69 Å². The lowest BCUT2D eigenvalue weighted by molar-refractivity contribution is -0.387. The predicted molar refractivity (Wildman–Crippen MR) is 92.6 cm³/mol. The van der Waals surface area contributed by atoms with Crippen molar-refractivity contribution in [2.24, 2.45) is 11.7 Å². The molecule has 0 fully saturated rings. The monoisotopic (exact) mass is 385 g/mol. The van der Waals surface area contributed by atoms with E-state index in [1.54, 1.807) is 0 Å². The molecule has 0 saturated heterocycles. The third kappa shape index (κ3) is 5.58. The summed E-state index contributed by atoms with van der Waals surface area (Å²) < 4.78 is 26.1. The highest BCUT2D eigenvalue weighted by Gasteiger charge is 2.30. The van der Waals surface area contributed by atoms with E-state index in [9.17, 15) is 18.5 Å². The number of halogens is 2. The summed E-state index contributed by atoms with van der Waals surface area (Å²) in [5.74, 6) is 0.223. The van der Waals surface area contributed by atoms with Crippen LogP contribution in [0.25, 0.3) is 0 Å². The molecule has 0 aliphatic heterocycles. The van der Waals surface area contributed by atoms with Gasteiger partial charge in [-0.2, -0.15) is 0 Å². The van der Waals surface area contributed by atoms with Crippen LogP contribution in [0.1, 0.15) is 20.3 Å². The molecule has 0 aliphatic rings. The number of sulfonamides is 1. The second-order valence-corrected chi connectivity index (χ2v) is 7.84. The molecule has 2 N–H and O–H groups in total. The van der Waals surface area contributed by atoms with E-state index in [1.165, 1.54) is 13.1 Å². The maximum Gasteiger partial charge on any atom is 0.290 e. The number of benzene rings is 1. The number of nitrogens with zero attached hydrogens (tertiary/aromatic N) is 2. The lowest BCUT2D eigenvalue weighted by Crippen LogP contribution is -2.34. The second kappa shape index (κ2) is 8.79. The Labute approximate surface area is 147 Å². The lowest BCUT2D eigenvalue weighted by Gasteiger charge is -2.21. The summed E-state index contributed by atoms with van der Waals surface area (Å²) in [6.07, 6.45) is 0.467. The van der Waals surface area contributed by atoms with E-state index < -0.39 is 20.6 Å². The highest BCUT2D eigenvalue weighted by molar-refractivity contribution is 7.89. The molecule has 1 unspecified atom stereocenters. The first-order valence-electron chi connectivity index (χ1n) is 6.73. The minimum Gasteiger partial charge on any atom is -0.327 e. The van der Waals surface area contributed by atoms with Crippen LogP contribution in [0.3, 0.4) is 0 Å². The SMILES string of the molecule is CC(C)C(N)CCN(C)S(=O)(=O)c1ccc(Cl)cc1[N+](=O)[O-].Cl. The Hall–Kier alpha value is -0.930. The maximum absolute atomic E-state index is 12.5. The van der Waals surface area contributed by atoms with Gasteiger partial charge in [-0.25, -0.2) is 12.7 Å². The van der Waals surface area contributed by atoms with Crippen LogP contribution < -0.4 is 5.73 Å². The number of hydrogen-bond donors (Lipinski definition) is 1. The van der Waals surface area contributed by atoms with Crippen molar-refractivity contribution < 1.29 is 13.3 Å². The van der Waals surface area contributed by atoms with Gasteiger partial charge in [-0.15, -0.1) is 12.4 Å². The molecular weight excluding hydrogens is 365 g/mol. The Morgan fingerprint density at radius 3 is 2.43 bits per heavy atom. The van der Waals surface area contributed by atoms with E-state index in [0.717, 1.165) is 16.4 Å². The summed E-state index contributed by atoms with van der Waals surface area (Å²) in [5.41, 5.74) is 5.36. The van der Waals surface area contributed by atoms with Gasteiger partial charge < -0.3 is 5.73 Å². The first kappa shape index (κ1) is 22.1. The van der Waals surface area contributed by atoms with Crippen molar-refractivity contribution in [3.8, 4) is 0 Å². The summed E-state index contributed by atoms with van der Waals surface area (Å²) >= 11 is 5.70. The molecule has 0 saturated carbocycles. The van der Waals surface area contributed by atoms with Gasteiger partial charge >= 0.3 is 0 Å². The van der Waals surface area contributed by atoms with Crippen molar-refractivity contribution in [2.45, 2.75) is 31.2 Å². The Morgan fingerprint density at radius 2 is 1.96 bits per heavy atom. The quantitative estimate of drug-likeness (QED) is 0.573. The summed E-state index contributed by atoms with van der Waals surface area (Å²) in [6, 6.07) is 3.35. The van der Waals surface area contributed by atoms with Crippen LogP contribution in [0.4, 0.5) is 5.69 Å². The standard InChI is InChI=1S/C13H20ClN3O4S.ClH/c1-9(2)11(15)6-7-16(3)22(20,21)13-5-4-10(14)8-12(13)17(18)19;/h4-5,8-9,11H,6-7,15H2,1-3H3;1H. The Balaban J connectivity index is 0.00000484. The van der Waals surface area contributed by atoms with Crippen molar-refractivity contribution in [1.82, 2.24) is 4.31 Å². The van der Waals surface area contributed by atoms with Crippen LogP contribution in [-0.2, 0) is 10.0 Å². The fourth-order valence-corrected chi connectivity index (χ4v) is 3.29. The zero-order valence-electron chi connectivity index (χ0n) is 13.1. The molecule has 0 aliphatic carbocycles. The van der Waals surface area contributed by atoms with E-state index in [2.05, 4.69) is 0 Å². The Morgan fingerprint density at radius 1 is 1.39 bits per heavy atom. The van der Waals surface area contributed by atoms with Crippen LogP contribution >= 0.6 is 24.0 Å². The maximum atomic E-state index is 12.5. The van der Waals surface area contributed by atoms with Crippen molar-refractivity contribution in [3.63, 3.8) is 0 Å². The lowest BCUT2D eigenvalue weighted by atomic mass is 10.0. The minimum atomic E-state index is -3.98. The molecule has 10 heteroatoms. The van der Waals surface area contributed by atoms with Gasteiger partial charge in [0.15, 0.2) is 4.90 Å². The van der Waals surface area contributed by atoms with Gasteiger partial charge in [0.2, 0.25) is 10.0 Å². The predicted octanol–water partition coefficient (Wildman–Crippen LogP) is 2.66. The van der Waals surface area contributed by atoms with Crippen LogP contribution in [0.15, 0.2) is 23.1 Å². The second-order valence-electron chi connectivity index (χ2n) is 5.39. The topological polar surface area (TPSA) is 107 Å². The molecule has 7 nitrogen and oxygen atoms in total. The molecule has 0 spiro atoms. The fraction of sp³-hybridized carbons (Fsp3) is 0.538. The third-order valence-electron chi connectivity index (χ3n) is 3.44. The average molecular weight is 386 g/mol. The van der Waals surface area contributed by atoms with Crippen molar-refractivity contribution >= 4 is 39.7 Å². The summed E-state index contributed by atoms with van der Waals surface area (Å²) in [4.78, 5) is 9.91. The molecule has 23 heavy (non-hydrogen) atoms. The smallest absolute Gasteiger partial charge is 0.290 e. The van der Waals surface area contributed by atoms with Gasteiger partial charge in [-0.1, -0.05) is 25.4 Å². The highest BCUT2D eigenvalue weighted by Crippen LogP contribution is 2.29. The molecule has 1 atom stereocenters. The van der Waals surface area contributed by atoms with Gasteiger partial charge in [0, 0.05) is 30.7 Å². The number of nitro groups is 1. The molecule has 0 amide bonds. The molecule has 0 radical (unpaired) electrons. The molecule has 1 aromatic carbocycles. The minimum absolute atomic E-state index is 0. The van der Waals surface area contributed by atoms with Crippen LogP contribution in [0.2, 0.25) is 5.02 Å². The Bertz CT molecular complexity index is 653. The number of rotatable bonds is 7. The molecule has 132 valence electrons. The highest BCUT2D eigenvalue weighted by atomic mass is 35.5. The van der Waals surface area contributed by atoms with Gasteiger partial charge in [-0.05, 0) is 24.5 Å². The van der Waals surface area contributed by atoms with Crippen LogP contribution in [0.5, 0.6) is 0 Å². The summed E-state index contributed by atoms with van der Waals surface area (Å²) in [7, 11) is -2.60. The summed E-state index contributed by atoms with van der Waals surface area (Å²) in [5, 5.41) is 11.1. The molecule has 0 heterocycles. The number of nitrogens with two attached hydrogens (primary N) is 1. The first-order valence-corrected chi connectivity index (χ1v) is 8.55. The molecule has 0 bridgehead atoms. The zero-order valence-corrected chi connectivity index (χ0v) is 15.5. The van der Waals surface area contributed by atoms with Gasteiger partial charge in [0.05, 0.1) is 4.92 Å². The fourth-order valence-electron chi connectivity index (χ4n) is 1.80. The largest absolute Gasteiger partial charge is 0.327 e. The van der Waals surface area contributed by atoms with E-state index in [0.29, 0.717) is 6.42 Å². The number of nitro benzene ring substituents is 1. The Kier molecular flexibility index (Phi) is 8.44. The van der Waals surface area contributed by atoms with Gasteiger partial charge in [0.1, 0.15) is 0 Å². The zero-order chi connectivity index (χ0) is 17.1.